The van der Waals surface area contributed by atoms with Crippen LogP contribution in [0.15, 0.2) is 30.5 Å². The highest BCUT2D eigenvalue weighted by atomic mass is 32.1. The fraction of sp³-hybridized carbons (Fsp3) is 0.407. The van der Waals surface area contributed by atoms with Gasteiger partial charge in [0, 0.05) is 18.3 Å². The van der Waals surface area contributed by atoms with Crippen LogP contribution in [-0.4, -0.2) is 54.6 Å². The molecule has 1 aliphatic carbocycles. The number of carbonyl (C=O) groups excluding carboxylic acids is 3. The van der Waals surface area contributed by atoms with Crippen molar-refractivity contribution in [1.29, 1.82) is 0 Å². The van der Waals surface area contributed by atoms with Gasteiger partial charge in [0.05, 0.1) is 35.1 Å². The Morgan fingerprint density at radius 2 is 1.95 bits per heavy atom. The molecular weight excluding hydrogens is 504 g/mol. The number of rotatable bonds is 8. The molecule has 4 N–H and O–H groups in total. The van der Waals surface area contributed by atoms with Crippen LogP contribution in [0.2, 0.25) is 0 Å². The molecule has 1 fully saturated rings. The number of ether oxygens (including phenoxy) is 1. The number of pyridine rings is 1. The molecular formula is C27H32N6O4S. The van der Waals surface area contributed by atoms with Gasteiger partial charge < -0.3 is 26.0 Å². The largest absolute Gasteiger partial charge is 0.491 e. The van der Waals surface area contributed by atoms with Crippen LogP contribution >= 0.6 is 11.3 Å². The topological polar surface area (TPSA) is 125 Å². The normalized spacial score (nSPS) is 18.6. The van der Waals surface area contributed by atoms with Gasteiger partial charge in [-0.05, 0) is 76.9 Å². The molecule has 10 nitrogen and oxygen atoms in total. The first-order valence-corrected chi connectivity index (χ1v) is 13.6. The molecule has 0 saturated heterocycles. The van der Waals surface area contributed by atoms with Gasteiger partial charge in [0.2, 0.25) is 5.91 Å². The molecule has 3 aromatic rings. The highest BCUT2D eigenvalue weighted by molar-refractivity contribution is 7.21. The molecule has 1 saturated carbocycles. The van der Waals surface area contributed by atoms with E-state index in [2.05, 4.69) is 26.3 Å². The van der Waals surface area contributed by atoms with E-state index in [9.17, 15) is 14.4 Å². The molecule has 2 aromatic heterocycles. The Bertz CT molecular complexity index is 1400. The summed E-state index contributed by atoms with van der Waals surface area (Å²) >= 11 is 1.26. The Labute approximate surface area is 225 Å². The number of urea groups is 1. The van der Waals surface area contributed by atoms with Gasteiger partial charge in [0.1, 0.15) is 15.5 Å². The number of anilines is 3. The molecule has 38 heavy (non-hydrogen) atoms. The lowest BCUT2D eigenvalue weighted by molar-refractivity contribution is -0.120. The van der Waals surface area contributed by atoms with Gasteiger partial charge >= 0.3 is 6.03 Å². The van der Waals surface area contributed by atoms with Crippen LogP contribution in [0.5, 0.6) is 5.75 Å². The maximum atomic E-state index is 13.4. The molecule has 5 rings (SSSR count). The van der Waals surface area contributed by atoms with Crippen molar-refractivity contribution in [2.45, 2.75) is 58.2 Å². The van der Waals surface area contributed by atoms with Crippen LogP contribution in [0.3, 0.4) is 0 Å². The molecule has 0 bridgehead atoms. The first-order valence-electron chi connectivity index (χ1n) is 12.8. The summed E-state index contributed by atoms with van der Waals surface area (Å²) < 4.78 is 5.80. The number of benzene rings is 1. The van der Waals surface area contributed by atoms with Crippen LogP contribution in [0.25, 0.3) is 10.2 Å². The molecule has 1 aromatic carbocycles. The number of aryl methyl sites for hydroxylation is 1. The van der Waals surface area contributed by atoms with E-state index in [1.807, 2.05) is 39.0 Å². The standard InChI is InChI=1S/C27H32N6O4S/c1-14(2)37-18-7-8-19(15(3)11-18)33-20-9-10-29-26-22(20)23(32-27(33)36)24(38-26)25(35)31-17-6-5-16(12-17)30-21(34)13-28-4/h7-11,14,16-17,28H,5-6,12-13H2,1-4H3,(H,30,34)(H,31,35)(H,32,36)/t16-,17+/m1/s1. The van der Waals surface area contributed by atoms with E-state index in [0.29, 0.717) is 27.5 Å². The van der Waals surface area contributed by atoms with Crippen LogP contribution in [-0.2, 0) is 4.79 Å². The van der Waals surface area contributed by atoms with Gasteiger partial charge in [-0.25, -0.2) is 9.78 Å². The summed E-state index contributed by atoms with van der Waals surface area (Å²) in [5, 5.41) is 12.6. The molecule has 2 aliphatic rings. The molecule has 2 atom stereocenters. The third kappa shape index (κ3) is 5.03. The predicted molar refractivity (Wildman–Crippen MR) is 149 cm³/mol. The number of thiophene rings is 1. The number of hydrogen-bond acceptors (Lipinski definition) is 7. The molecule has 0 radical (unpaired) electrons. The molecule has 4 amide bonds. The zero-order valence-electron chi connectivity index (χ0n) is 21.9. The van der Waals surface area contributed by atoms with E-state index >= 15 is 0 Å². The average Bonchev–Trinajstić information content (AvgIpc) is 3.45. The van der Waals surface area contributed by atoms with Gasteiger partial charge in [0.25, 0.3) is 5.91 Å². The zero-order chi connectivity index (χ0) is 27.0. The Hall–Kier alpha value is -3.70. The minimum atomic E-state index is -0.341. The van der Waals surface area contributed by atoms with Crippen LogP contribution < -0.4 is 30.9 Å². The molecule has 1 aliphatic heterocycles. The Kier molecular flexibility index (Phi) is 7.22. The zero-order valence-corrected chi connectivity index (χ0v) is 22.7. The number of likely N-dealkylation sites (N-methyl/N-ethyl adjacent to an activating group) is 1. The van der Waals surface area contributed by atoms with E-state index < -0.39 is 0 Å². The third-order valence-electron chi connectivity index (χ3n) is 6.70. The maximum absolute atomic E-state index is 13.4. The van der Waals surface area contributed by atoms with Crippen molar-refractivity contribution in [2.24, 2.45) is 0 Å². The van der Waals surface area contributed by atoms with Crippen molar-refractivity contribution in [3.8, 4) is 5.75 Å². The van der Waals surface area contributed by atoms with Gasteiger partial charge in [-0.1, -0.05) is 0 Å². The van der Waals surface area contributed by atoms with Crippen LogP contribution in [0.1, 0.15) is 48.3 Å². The van der Waals surface area contributed by atoms with Crippen molar-refractivity contribution < 1.29 is 19.1 Å². The van der Waals surface area contributed by atoms with Gasteiger partial charge in [-0.3, -0.25) is 14.5 Å². The molecule has 200 valence electrons. The van der Waals surface area contributed by atoms with Gasteiger partial charge in [0.15, 0.2) is 0 Å². The monoisotopic (exact) mass is 536 g/mol. The fourth-order valence-electron chi connectivity index (χ4n) is 5.14. The molecule has 0 spiro atoms. The highest BCUT2D eigenvalue weighted by Crippen LogP contribution is 2.46. The number of aromatic nitrogens is 1. The molecule has 3 heterocycles. The van der Waals surface area contributed by atoms with Gasteiger partial charge in [-0.15, -0.1) is 11.3 Å². The summed E-state index contributed by atoms with van der Waals surface area (Å²) in [5.74, 6) is 0.437. The van der Waals surface area contributed by atoms with Crippen LogP contribution in [0.4, 0.5) is 21.9 Å². The fourth-order valence-corrected chi connectivity index (χ4v) is 6.16. The lowest BCUT2D eigenvalue weighted by Crippen LogP contribution is -2.40. The lowest BCUT2D eigenvalue weighted by Gasteiger charge is -2.29. The van der Waals surface area contributed by atoms with E-state index in [1.165, 1.54) is 11.3 Å². The number of hydrogen-bond donors (Lipinski definition) is 4. The Morgan fingerprint density at radius 1 is 1.18 bits per heavy atom. The SMILES string of the molecule is CNCC(=O)N[C@@H]1CC[C@H](NC(=O)c2sc3nccc4c3c2NC(=O)N4c2ccc(OC(C)C)cc2C)C1. The average molecular weight is 537 g/mol. The summed E-state index contributed by atoms with van der Waals surface area (Å²) in [4.78, 5) is 45.9. The second-order valence-electron chi connectivity index (χ2n) is 9.98. The summed E-state index contributed by atoms with van der Waals surface area (Å²) in [6.07, 6.45) is 3.95. The summed E-state index contributed by atoms with van der Waals surface area (Å²) in [6.45, 7) is 6.14. The number of carbonyl (C=O) groups is 3. The molecule has 11 heteroatoms. The van der Waals surface area contributed by atoms with E-state index in [0.717, 1.165) is 35.2 Å². The van der Waals surface area contributed by atoms with E-state index in [-0.39, 0.29) is 42.6 Å². The lowest BCUT2D eigenvalue weighted by atomic mass is 10.1. The van der Waals surface area contributed by atoms with Gasteiger partial charge in [-0.2, -0.15) is 0 Å². The van der Waals surface area contributed by atoms with Crippen molar-refractivity contribution in [1.82, 2.24) is 20.9 Å². The van der Waals surface area contributed by atoms with E-state index in [1.54, 1.807) is 24.2 Å². The second kappa shape index (κ2) is 10.6. The first-order chi connectivity index (χ1) is 18.2. The highest BCUT2D eigenvalue weighted by Gasteiger charge is 2.34. The predicted octanol–water partition coefficient (Wildman–Crippen LogP) is 4.06. The summed E-state index contributed by atoms with van der Waals surface area (Å²) in [6, 6.07) is 7.07. The van der Waals surface area contributed by atoms with Crippen molar-refractivity contribution >= 4 is 56.5 Å². The minimum Gasteiger partial charge on any atom is -0.491 e. The number of nitrogens with zero attached hydrogens (tertiary/aromatic N) is 2. The number of amides is 4. The minimum absolute atomic E-state index is 0.0315. The smallest absolute Gasteiger partial charge is 0.331 e. The van der Waals surface area contributed by atoms with Crippen LogP contribution in [0, 0.1) is 6.92 Å². The second-order valence-corrected chi connectivity index (χ2v) is 11.0. The van der Waals surface area contributed by atoms with Crippen molar-refractivity contribution in [3.63, 3.8) is 0 Å². The number of nitrogens with one attached hydrogen (secondary N) is 4. The van der Waals surface area contributed by atoms with Crippen molar-refractivity contribution in [3.05, 3.63) is 40.9 Å². The quantitative estimate of drug-likeness (QED) is 0.344. The maximum Gasteiger partial charge on any atom is 0.331 e. The van der Waals surface area contributed by atoms with Crippen molar-refractivity contribution in [2.75, 3.05) is 23.8 Å². The Morgan fingerprint density at radius 3 is 2.66 bits per heavy atom. The summed E-state index contributed by atoms with van der Waals surface area (Å²) in [5.41, 5.74) is 2.78. The Balaban J connectivity index is 1.39. The summed E-state index contributed by atoms with van der Waals surface area (Å²) in [7, 11) is 1.73. The van der Waals surface area contributed by atoms with E-state index in [4.69, 9.17) is 4.74 Å². The molecule has 0 unspecified atom stereocenters. The third-order valence-corrected chi connectivity index (χ3v) is 7.80. The first kappa shape index (κ1) is 25.9.